The van der Waals surface area contributed by atoms with E-state index in [1.54, 1.807) is 6.92 Å². The third kappa shape index (κ3) is 6.01. The first kappa shape index (κ1) is 22.8. The Labute approximate surface area is 145 Å². The van der Waals surface area contributed by atoms with Gasteiger partial charge in [0.25, 0.3) is 12.4 Å². The Balaban J connectivity index is 0. The van der Waals surface area contributed by atoms with E-state index in [4.69, 9.17) is 15.3 Å². The summed E-state index contributed by atoms with van der Waals surface area (Å²) < 4.78 is 0. The number of amides is 2. The van der Waals surface area contributed by atoms with Crippen molar-refractivity contribution in [3.63, 3.8) is 0 Å². The molecule has 21 heavy (non-hydrogen) atoms. The van der Waals surface area contributed by atoms with Crippen LogP contribution in [0, 0.1) is 11.3 Å². The van der Waals surface area contributed by atoms with Crippen LogP contribution in [0.3, 0.4) is 0 Å². The summed E-state index contributed by atoms with van der Waals surface area (Å²) in [5, 5.41) is 34.6. The summed E-state index contributed by atoms with van der Waals surface area (Å²) in [6.45, 7) is 3.46. The van der Waals surface area contributed by atoms with Gasteiger partial charge in [-0.05, 0) is 18.8 Å². The molecular formula is C12H21N2NaO6. The summed E-state index contributed by atoms with van der Waals surface area (Å²) in [4.78, 5) is 27.1. The van der Waals surface area contributed by atoms with Crippen LogP contribution in [0.5, 0.6) is 0 Å². The third-order valence-electron chi connectivity index (χ3n) is 3.33. The molecule has 0 aromatic rings. The second kappa shape index (κ2) is 10.3. The van der Waals surface area contributed by atoms with E-state index in [9.17, 15) is 14.7 Å². The van der Waals surface area contributed by atoms with E-state index in [2.05, 4.69) is 10.3 Å². The first-order chi connectivity index (χ1) is 9.22. The number of carbonyl (C=O) groups excluding carboxylic acids is 2. The summed E-state index contributed by atoms with van der Waals surface area (Å²) in [7, 11) is 0. The van der Waals surface area contributed by atoms with E-state index in [0.717, 1.165) is 12.8 Å². The number of aliphatic imine (C=N–C) groups is 1. The molecule has 1 heterocycles. The van der Waals surface area contributed by atoms with Gasteiger partial charge in [0.2, 0.25) is 5.91 Å². The molecule has 0 spiro atoms. The van der Waals surface area contributed by atoms with Crippen molar-refractivity contribution in [2.24, 2.45) is 16.3 Å². The number of aliphatic hydroxyl groups excluding tert-OH is 1. The van der Waals surface area contributed by atoms with Crippen LogP contribution >= 0.6 is 0 Å². The zero-order valence-electron chi connectivity index (χ0n) is 12.8. The molecule has 1 aliphatic rings. The molecule has 2 atom stereocenters. The Kier molecular flexibility index (Phi) is 11.1. The zero-order chi connectivity index (χ0) is 15.9. The summed E-state index contributed by atoms with van der Waals surface area (Å²) in [5.41, 5.74) is -1.15. The van der Waals surface area contributed by atoms with E-state index in [-0.39, 0.29) is 35.5 Å². The van der Waals surface area contributed by atoms with E-state index in [0.29, 0.717) is 6.42 Å². The number of amidine groups is 1. The SMILES string of the molecule is CCCC(C)C1(CC)C(=O)N=C([O-])NC1=O.OC(O)O.[Na+]. The quantitative estimate of drug-likeness (QED) is 0.234. The topological polar surface area (TPSA) is 142 Å². The van der Waals surface area contributed by atoms with Gasteiger partial charge in [-0.15, -0.1) is 0 Å². The van der Waals surface area contributed by atoms with Crippen molar-refractivity contribution < 1.29 is 59.6 Å². The van der Waals surface area contributed by atoms with Crippen LogP contribution in [0.2, 0.25) is 0 Å². The van der Waals surface area contributed by atoms with Gasteiger partial charge in [-0.3, -0.25) is 9.59 Å². The van der Waals surface area contributed by atoms with Crippen LogP contribution in [0.1, 0.15) is 40.0 Å². The van der Waals surface area contributed by atoms with E-state index in [1.165, 1.54) is 0 Å². The number of nitrogens with zero attached hydrogens (tertiary/aromatic N) is 1. The molecule has 0 fully saturated rings. The number of rotatable bonds is 4. The molecule has 1 aliphatic heterocycles. The van der Waals surface area contributed by atoms with Gasteiger partial charge >= 0.3 is 29.6 Å². The van der Waals surface area contributed by atoms with Gasteiger partial charge in [-0.25, -0.2) is 4.99 Å². The van der Waals surface area contributed by atoms with Crippen molar-refractivity contribution in [1.82, 2.24) is 5.32 Å². The zero-order valence-corrected chi connectivity index (χ0v) is 14.8. The van der Waals surface area contributed by atoms with Gasteiger partial charge in [0.1, 0.15) is 5.41 Å². The molecule has 2 unspecified atom stereocenters. The standard InChI is InChI=1S/C11H18N2O3.CH4O3.Na/c1-4-6-7(3)11(5-2)8(14)12-10(16)13-9(11)15;2-1(3)4;/h7H,4-6H2,1-3H3,(H2,12,13,14,15,16);1-4H;/q;;+1/p-1. The summed E-state index contributed by atoms with van der Waals surface area (Å²) in [6.07, 6.45) is 2.02. The van der Waals surface area contributed by atoms with E-state index in [1.807, 2.05) is 13.8 Å². The maximum absolute atomic E-state index is 11.9. The summed E-state index contributed by atoms with van der Waals surface area (Å²) >= 11 is 0. The van der Waals surface area contributed by atoms with Gasteiger partial charge in [0.15, 0.2) is 0 Å². The molecule has 9 heteroatoms. The third-order valence-corrected chi connectivity index (χ3v) is 3.33. The van der Waals surface area contributed by atoms with Crippen molar-refractivity contribution in [1.29, 1.82) is 0 Å². The van der Waals surface area contributed by atoms with Gasteiger partial charge in [0.05, 0.1) is 6.02 Å². The van der Waals surface area contributed by atoms with Gasteiger partial charge < -0.3 is 25.7 Å². The number of nitrogens with one attached hydrogen (secondary N) is 1. The fourth-order valence-corrected chi connectivity index (χ4v) is 2.30. The van der Waals surface area contributed by atoms with Crippen molar-refractivity contribution >= 4 is 17.8 Å². The maximum Gasteiger partial charge on any atom is 1.00 e. The molecule has 4 N–H and O–H groups in total. The first-order valence-electron chi connectivity index (χ1n) is 6.38. The average Bonchev–Trinajstić information content (AvgIpc) is 2.28. The molecule has 2 amide bonds. The maximum atomic E-state index is 11.9. The Morgan fingerprint density at radius 1 is 1.29 bits per heavy atom. The van der Waals surface area contributed by atoms with Crippen LogP contribution in [0.25, 0.3) is 0 Å². The number of carbonyl (C=O) groups is 2. The van der Waals surface area contributed by atoms with Crippen LogP contribution in [-0.4, -0.2) is 39.6 Å². The molecule has 0 radical (unpaired) electrons. The minimum absolute atomic E-state index is 0. The van der Waals surface area contributed by atoms with Crippen LogP contribution < -0.4 is 40.0 Å². The second-order valence-corrected chi connectivity index (χ2v) is 4.54. The fourth-order valence-electron chi connectivity index (χ4n) is 2.30. The molecule has 0 bridgehead atoms. The Morgan fingerprint density at radius 3 is 2.10 bits per heavy atom. The van der Waals surface area contributed by atoms with E-state index >= 15 is 0 Å². The van der Waals surface area contributed by atoms with Crippen LogP contribution in [0.4, 0.5) is 0 Å². The summed E-state index contributed by atoms with van der Waals surface area (Å²) in [5.74, 6) is -1.20. The number of hydrogen-bond acceptors (Lipinski definition) is 6. The predicted octanol–water partition coefficient (Wildman–Crippen LogP) is -4.56. The molecule has 116 valence electrons. The number of hydrogen-bond donors (Lipinski definition) is 4. The smallest absolute Gasteiger partial charge is 0.846 e. The predicted molar refractivity (Wildman–Crippen MR) is 67.8 cm³/mol. The minimum atomic E-state index is -2.17. The molecule has 0 saturated carbocycles. The largest absolute Gasteiger partial charge is 1.00 e. The minimum Gasteiger partial charge on any atom is -0.846 e. The van der Waals surface area contributed by atoms with Crippen molar-refractivity contribution in [2.75, 3.05) is 0 Å². The monoisotopic (exact) mass is 312 g/mol. The Hall–Kier alpha value is -0.510. The van der Waals surface area contributed by atoms with Crippen molar-refractivity contribution in [3.8, 4) is 0 Å². The molecule has 8 nitrogen and oxygen atoms in total. The van der Waals surface area contributed by atoms with Gasteiger partial charge in [-0.2, -0.15) is 0 Å². The van der Waals surface area contributed by atoms with Crippen molar-refractivity contribution in [2.45, 2.75) is 46.5 Å². The molecule has 0 aliphatic carbocycles. The Bertz CT molecular complexity index is 385. The summed E-state index contributed by atoms with van der Waals surface area (Å²) in [6, 6.07) is -0.845. The van der Waals surface area contributed by atoms with Gasteiger partial charge in [0, 0.05) is 0 Å². The molecule has 0 saturated heterocycles. The van der Waals surface area contributed by atoms with Crippen molar-refractivity contribution in [3.05, 3.63) is 0 Å². The average molecular weight is 312 g/mol. The van der Waals surface area contributed by atoms with Crippen LogP contribution in [0.15, 0.2) is 4.99 Å². The molecule has 1 rings (SSSR count). The second-order valence-electron chi connectivity index (χ2n) is 4.54. The Morgan fingerprint density at radius 2 is 1.76 bits per heavy atom. The van der Waals surface area contributed by atoms with Gasteiger partial charge in [-0.1, -0.05) is 27.2 Å². The fraction of sp³-hybridized carbons (Fsp3) is 0.750. The normalized spacial score (nSPS) is 22.5. The molecule has 0 aromatic carbocycles. The molecular weight excluding hydrogens is 291 g/mol. The number of aliphatic hydroxyl groups is 3. The van der Waals surface area contributed by atoms with E-state index < -0.39 is 29.7 Å². The first-order valence-corrected chi connectivity index (χ1v) is 6.38. The van der Waals surface area contributed by atoms with Crippen LogP contribution in [-0.2, 0) is 9.59 Å². The molecule has 0 aromatic heterocycles.